The molecule has 1 heterocycles. The molecule has 1 atom stereocenters. The van der Waals surface area contributed by atoms with Crippen molar-refractivity contribution in [2.24, 2.45) is 0 Å². The summed E-state index contributed by atoms with van der Waals surface area (Å²) in [6.07, 6.45) is 0.196. The van der Waals surface area contributed by atoms with Gasteiger partial charge in [0.2, 0.25) is 5.78 Å². The molecule has 6 heteroatoms. The standard InChI is InChI=1S/C14H14O5S/c1-10-5-7-12(8-6-10)20(16,17)19-11(2)14(15)13-4-3-9-18-13/h3-9,11H,1-2H3. The van der Waals surface area contributed by atoms with E-state index in [1.165, 1.54) is 31.4 Å². The van der Waals surface area contributed by atoms with Gasteiger partial charge >= 0.3 is 0 Å². The highest BCUT2D eigenvalue weighted by molar-refractivity contribution is 7.86. The number of Topliss-reactive ketones (excluding diaryl/α,β-unsaturated/α-hetero) is 1. The Balaban J connectivity index is 2.16. The molecule has 0 N–H and O–H groups in total. The monoisotopic (exact) mass is 294 g/mol. The molecule has 1 aromatic heterocycles. The highest BCUT2D eigenvalue weighted by Gasteiger charge is 2.26. The van der Waals surface area contributed by atoms with Crippen molar-refractivity contribution in [2.75, 3.05) is 0 Å². The summed E-state index contributed by atoms with van der Waals surface area (Å²) >= 11 is 0. The molecule has 1 aromatic carbocycles. The molecule has 0 radical (unpaired) electrons. The van der Waals surface area contributed by atoms with Crippen LogP contribution < -0.4 is 0 Å². The quantitative estimate of drug-likeness (QED) is 0.626. The molecule has 106 valence electrons. The summed E-state index contributed by atoms with van der Waals surface area (Å²) in [4.78, 5) is 11.9. The Labute approximate surface area is 117 Å². The molecular weight excluding hydrogens is 280 g/mol. The fourth-order valence-corrected chi connectivity index (χ4v) is 2.66. The molecule has 0 spiro atoms. The number of rotatable bonds is 5. The number of hydrogen-bond donors (Lipinski definition) is 0. The van der Waals surface area contributed by atoms with Gasteiger partial charge < -0.3 is 4.42 Å². The van der Waals surface area contributed by atoms with Crippen LogP contribution in [0.25, 0.3) is 0 Å². The highest BCUT2D eigenvalue weighted by Crippen LogP contribution is 2.17. The van der Waals surface area contributed by atoms with E-state index in [1.54, 1.807) is 18.2 Å². The predicted octanol–water partition coefficient (Wildman–Crippen LogP) is 2.56. The maximum absolute atomic E-state index is 12.0. The van der Waals surface area contributed by atoms with E-state index in [-0.39, 0.29) is 10.7 Å². The van der Waals surface area contributed by atoms with Gasteiger partial charge in [-0.05, 0) is 38.1 Å². The average Bonchev–Trinajstić information content (AvgIpc) is 2.91. The number of aryl methyl sites for hydroxylation is 1. The summed E-state index contributed by atoms with van der Waals surface area (Å²) in [6.45, 7) is 3.22. The van der Waals surface area contributed by atoms with E-state index in [2.05, 4.69) is 0 Å². The lowest BCUT2D eigenvalue weighted by atomic mass is 10.2. The van der Waals surface area contributed by atoms with Gasteiger partial charge in [0.15, 0.2) is 5.76 Å². The van der Waals surface area contributed by atoms with Gasteiger partial charge in [0.25, 0.3) is 10.1 Å². The van der Waals surface area contributed by atoms with Gasteiger partial charge in [-0.1, -0.05) is 17.7 Å². The Kier molecular flexibility index (Phi) is 4.06. The van der Waals surface area contributed by atoms with E-state index in [0.29, 0.717) is 0 Å². The Morgan fingerprint density at radius 1 is 1.20 bits per heavy atom. The van der Waals surface area contributed by atoms with Crippen molar-refractivity contribution in [1.29, 1.82) is 0 Å². The molecule has 0 aliphatic heterocycles. The zero-order valence-corrected chi connectivity index (χ0v) is 11.9. The van der Waals surface area contributed by atoms with E-state index < -0.39 is 22.0 Å². The third-order valence-corrected chi connectivity index (χ3v) is 4.11. The molecule has 5 nitrogen and oxygen atoms in total. The van der Waals surface area contributed by atoms with Gasteiger partial charge in [-0.25, -0.2) is 0 Å². The third kappa shape index (κ3) is 3.15. The number of carbonyl (C=O) groups excluding carboxylic acids is 1. The van der Waals surface area contributed by atoms with Crippen molar-refractivity contribution in [3.05, 3.63) is 54.0 Å². The zero-order valence-electron chi connectivity index (χ0n) is 11.1. The molecule has 0 saturated heterocycles. The van der Waals surface area contributed by atoms with Gasteiger partial charge in [-0.2, -0.15) is 8.42 Å². The Hall–Kier alpha value is -1.92. The first-order valence-electron chi connectivity index (χ1n) is 5.98. The molecule has 0 saturated carbocycles. The van der Waals surface area contributed by atoms with E-state index in [0.717, 1.165) is 5.56 Å². The van der Waals surface area contributed by atoms with Crippen LogP contribution in [0, 0.1) is 6.92 Å². The van der Waals surface area contributed by atoms with Crippen LogP contribution in [-0.2, 0) is 14.3 Å². The van der Waals surface area contributed by atoms with E-state index in [4.69, 9.17) is 8.60 Å². The summed E-state index contributed by atoms with van der Waals surface area (Å²) in [5, 5.41) is 0. The molecular formula is C14H14O5S. The SMILES string of the molecule is Cc1ccc(S(=O)(=O)OC(C)C(=O)c2ccco2)cc1. The van der Waals surface area contributed by atoms with Gasteiger partial charge in [-0.3, -0.25) is 8.98 Å². The number of ketones is 1. The first kappa shape index (κ1) is 14.5. The minimum absolute atomic E-state index is 0.0159. The number of carbonyl (C=O) groups is 1. The van der Waals surface area contributed by atoms with Crippen molar-refractivity contribution >= 4 is 15.9 Å². The first-order valence-corrected chi connectivity index (χ1v) is 7.38. The molecule has 0 bridgehead atoms. The topological polar surface area (TPSA) is 73.6 Å². The van der Waals surface area contributed by atoms with E-state index in [1.807, 2.05) is 6.92 Å². The van der Waals surface area contributed by atoms with Crippen LogP contribution in [0.4, 0.5) is 0 Å². The van der Waals surface area contributed by atoms with Crippen LogP contribution in [0.5, 0.6) is 0 Å². The summed E-state index contributed by atoms with van der Waals surface area (Å²) in [6, 6.07) is 9.21. The minimum atomic E-state index is -3.97. The van der Waals surface area contributed by atoms with E-state index >= 15 is 0 Å². The second-order valence-electron chi connectivity index (χ2n) is 4.35. The van der Waals surface area contributed by atoms with Gasteiger partial charge in [0, 0.05) is 0 Å². The normalized spacial score (nSPS) is 13.1. The average molecular weight is 294 g/mol. The lowest BCUT2D eigenvalue weighted by molar-refractivity contribution is 0.0796. The van der Waals surface area contributed by atoms with Crippen molar-refractivity contribution in [3.63, 3.8) is 0 Å². The summed E-state index contributed by atoms with van der Waals surface area (Å²) in [5.41, 5.74) is 0.934. The summed E-state index contributed by atoms with van der Waals surface area (Å²) in [5.74, 6) is -0.456. The molecule has 0 fully saturated rings. The zero-order chi connectivity index (χ0) is 14.8. The van der Waals surface area contributed by atoms with Gasteiger partial charge in [-0.15, -0.1) is 0 Å². The van der Waals surface area contributed by atoms with Crippen LogP contribution in [0.1, 0.15) is 23.0 Å². The Morgan fingerprint density at radius 3 is 2.40 bits per heavy atom. The predicted molar refractivity (Wildman–Crippen MR) is 72.0 cm³/mol. The van der Waals surface area contributed by atoms with Crippen molar-refractivity contribution in [3.8, 4) is 0 Å². The fourth-order valence-electron chi connectivity index (χ4n) is 1.61. The number of furan rings is 1. The molecule has 2 rings (SSSR count). The summed E-state index contributed by atoms with van der Waals surface area (Å²) in [7, 11) is -3.97. The lowest BCUT2D eigenvalue weighted by Crippen LogP contribution is -2.24. The fraction of sp³-hybridized carbons (Fsp3) is 0.214. The van der Waals surface area contributed by atoms with Crippen molar-refractivity contribution in [1.82, 2.24) is 0 Å². The van der Waals surface area contributed by atoms with Crippen molar-refractivity contribution < 1.29 is 21.8 Å². The maximum Gasteiger partial charge on any atom is 0.297 e. The molecule has 2 aromatic rings. The van der Waals surface area contributed by atoms with Crippen LogP contribution in [-0.4, -0.2) is 20.3 Å². The smallest absolute Gasteiger partial charge is 0.297 e. The van der Waals surface area contributed by atoms with Crippen LogP contribution in [0.2, 0.25) is 0 Å². The largest absolute Gasteiger partial charge is 0.461 e. The maximum atomic E-state index is 12.0. The second kappa shape index (κ2) is 5.60. The Morgan fingerprint density at radius 2 is 1.85 bits per heavy atom. The van der Waals surface area contributed by atoms with E-state index in [9.17, 15) is 13.2 Å². The molecule has 0 amide bonds. The number of benzene rings is 1. The molecule has 1 unspecified atom stereocenters. The molecule has 20 heavy (non-hydrogen) atoms. The van der Waals surface area contributed by atoms with Crippen LogP contribution in [0.15, 0.2) is 52.0 Å². The first-order chi connectivity index (χ1) is 9.40. The van der Waals surface area contributed by atoms with Crippen molar-refractivity contribution in [2.45, 2.75) is 24.8 Å². The molecule has 0 aliphatic carbocycles. The highest BCUT2D eigenvalue weighted by atomic mass is 32.2. The number of hydrogen-bond acceptors (Lipinski definition) is 5. The Bertz CT molecular complexity index is 684. The van der Waals surface area contributed by atoms with Gasteiger partial charge in [0.1, 0.15) is 6.10 Å². The third-order valence-electron chi connectivity index (χ3n) is 2.71. The summed E-state index contributed by atoms with van der Waals surface area (Å²) < 4.78 is 33.9. The molecule has 0 aliphatic rings. The van der Waals surface area contributed by atoms with Crippen LogP contribution >= 0.6 is 0 Å². The lowest BCUT2D eigenvalue weighted by Gasteiger charge is -2.11. The second-order valence-corrected chi connectivity index (χ2v) is 5.92. The van der Waals surface area contributed by atoms with Crippen LogP contribution in [0.3, 0.4) is 0 Å². The minimum Gasteiger partial charge on any atom is -0.461 e. The van der Waals surface area contributed by atoms with Gasteiger partial charge in [0.05, 0.1) is 11.2 Å².